The summed E-state index contributed by atoms with van der Waals surface area (Å²) in [6.45, 7) is 8.62. The molecule has 0 saturated heterocycles. The molecule has 0 spiro atoms. The summed E-state index contributed by atoms with van der Waals surface area (Å²) in [4.78, 5) is 11.3. The molecule has 0 heterocycles. The van der Waals surface area contributed by atoms with Crippen LogP contribution in [0.5, 0.6) is 0 Å². The molecule has 0 saturated carbocycles. The second kappa shape index (κ2) is 4.83. The number of rotatable bonds is 4. The maximum atomic E-state index is 11.3. The van der Waals surface area contributed by atoms with E-state index < -0.39 is 14.0 Å². The maximum absolute atomic E-state index is 11.3. The third-order valence-corrected chi connectivity index (χ3v) is 4.19. The van der Waals surface area contributed by atoms with E-state index in [1.807, 2.05) is 31.2 Å². The van der Waals surface area contributed by atoms with Gasteiger partial charge in [0.05, 0.1) is 5.92 Å². The monoisotopic (exact) mass is 236 g/mol. The van der Waals surface area contributed by atoms with Crippen LogP contribution in [0.25, 0.3) is 0 Å². The summed E-state index contributed by atoms with van der Waals surface area (Å²) in [5, 5.41) is 9.30. The van der Waals surface area contributed by atoms with Crippen molar-refractivity contribution in [3.8, 4) is 0 Å². The molecule has 0 aliphatic rings. The van der Waals surface area contributed by atoms with Crippen molar-refractivity contribution in [3.63, 3.8) is 0 Å². The molecule has 1 N–H and O–H groups in total. The molecule has 1 aromatic carbocycles. The lowest BCUT2D eigenvalue weighted by molar-refractivity contribution is -0.138. The molecule has 2 nitrogen and oxygen atoms in total. The number of hydrogen-bond acceptors (Lipinski definition) is 1. The van der Waals surface area contributed by atoms with Crippen molar-refractivity contribution in [1.82, 2.24) is 0 Å². The first kappa shape index (κ1) is 13.0. The van der Waals surface area contributed by atoms with E-state index in [9.17, 15) is 9.90 Å². The van der Waals surface area contributed by atoms with Gasteiger partial charge in [0.25, 0.3) is 0 Å². The lowest BCUT2D eigenvalue weighted by atomic mass is 9.99. The Kier molecular flexibility index (Phi) is 3.91. The van der Waals surface area contributed by atoms with E-state index in [4.69, 9.17) is 0 Å². The summed E-state index contributed by atoms with van der Waals surface area (Å²) in [6.07, 6.45) is 0. The van der Waals surface area contributed by atoms with Gasteiger partial charge in [0, 0.05) is 8.07 Å². The SMILES string of the molecule is Cc1cccc(C(C[Si](C)(C)C)C(=O)O)c1. The van der Waals surface area contributed by atoms with E-state index >= 15 is 0 Å². The number of carboxylic acid groups (broad SMARTS) is 1. The minimum Gasteiger partial charge on any atom is -0.481 e. The molecule has 3 heteroatoms. The van der Waals surface area contributed by atoms with Crippen LogP contribution in [-0.4, -0.2) is 19.1 Å². The van der Waals surface area contributed by atoms with Gasteiger partial charge in [0.2, 0.25) is 0 Å². The van der Waals surface area contributed by atoms with Gasteiger partial charge < -0.3 is 5.11 Å². The van der Waals surface area contributed by atoms with E-state index in [1.54, 1.807) is 0 Å². The minimum atomic E-state index is -1.36. The average molecular weight is 236 g/mol. The van der Waals surface area contributed by atoms with Crippen LogP contribution in [0, 0.1) is 6.92 Å². The van der Waals surface area contributed by atoms with Gasteiger partial charge in [-0.15, -0.1) is 0 Å². The Morgan fingerprint density at radius 2 is 2.00 bits per heavy atom. The maximum Gasteiger partial charge on any atom is 0.310 e. The van der Waals surface area contributed by atoms with Gasteiger partial charge in [-0.05, 0) is 18.5 Å². The van der Waals surface area contributed by atoms with Crippen LogP contribution >= 0.6 is 0 Å². The van der Waals surface area contributed by atoms with Crippen molar-refractivity contribution in [2.45, 2.75) is 38.5 Å². The van der Waals surface area contributed by atoms with E-state index in [0.29, 0.717) is 0 Å². The third-order valence-electron chi connectivity index (χ3n) is 2.56. The van der Waals surface area contributed by atoms with Gasteiger partial charge in [0.15, 0.2) is 0 Å². The fourth-order valence-corrected chi connectivity index (χ4v) is 3.48. The van der Waals surface area contributed by atoms with Gasteiger partial charge >= 0.3 is 5.97 Å². The van der Waals surface area contributed by atoms with Gasteiger partial charge in [-0.2, -0.15) is 0 Å². The first-order chi connectivity index (χ1) is 7.29. The summed E-state index contributed by atoms with van der Waals surface area (Å²) in [5.74, 6) is -1.04. The van der Waals surface area contributed by atoms with Crippen molar-refractivity contribution in [1.29, 1.82) is 0 Å². The topological polar surface area (TPSA) is 37.3 Å². The molecule has 1 rings (SSSR count). The zero-order chi connectivity index (χ0) is 12.3. The largest absolute Gasteiger partial charge is 0.481 e. The minimum absolute atomic E-state index is 0.341. The Bertz CT molecular complexity index is 380. The predicted molar refractivity (Wildman–Crippen MR) is 69.7 cm³/mol. The molecule has 0 radical (unpaired) electrons. The first-order valence-electron chi connectivity index (χ1n) is 5.59. The number of benzene rings is 1. The van der Waals surface area contributed by atoms with Crippen LogP contribution in [0.1, 0.15) is 17.0 Å². The van der Waals surface area contributed by atoms with Crippen molar-refractivity contribution >= 4 is 14.0 Å². The zero-order valence-electron chi connectivity index (χ0n) is 10.4. The van der Waals surface area contributed by atoms with Gasteiger partial charge in [-0.25, -0.2) is 0 Å². The van der Waals surface area contributed by atoms with Crippen LogP contribution < -0.4 is 0 Å². The van der Waals surface area contributed by atoms with E-state index in [1.165, 1.54) is 0 Å². The highest BCUT2D eigenvalue weighted by Crippen LogP contribution is 2.27. The molecule has 0 aliphatic heterocycles. The summed E-state index contributed by atoms with van der Waals surface area (Å²) in [5.41, 5.74) is 2.06. The lowest BCUT2D eigenvalue weighted by Crippen LogP contribution is -2.26. The van der Waals surface area contributed by atoms with E-state index in [2.05, 4.69) is 19.6 Å². The number of aliphatic carboxylic acids is 1. The summed E-state index contributed by atoms with van der Waals surface area (Å²) < 4.78 is 0. The zero-order valence-corrected chi connectivity index (χ0v) is 11.4. The molecule has 1 aromatic rings. The van der Waals surface area contributed by atoms with Crippen molar-refractivity contribution in [2.75, 3.05) is 0 Å². The van der Waals surface area contributed by atoms with Crippen LogP contribution in [0.3, 0.4) is 0 Å². The van der Waals surface area contributed by atoms with Crippen LogP contribution in [-0.2, 0) is 4.79 Å². The predicted octanol–water partition coefficient (Wildman–Crippen LogP) is 3.50. The third kappa shape index (κ3) is 3.81. The Morgan fingerprint density at radius 3 is 2.44 bits per heavy atom. The molecule has 0 fully saturated rings. The highest BCUT2D eigenvalue weighted by Gasteiger charge is 2.27. The van der Waals surface area contributed by atoms with E-state index in [-0.39, 0.29) is 5.92 Å². The summed E-state index contributed by atoms with van der Waals surface area (Å²) in [7, 11) is -1.36. The summed E-state index contributed by atoms with van der Waals surface area (Å²) in [6, 6.07) is 8.64. The lowest BCUT2D eigenvalue weighted by Gasteiger charge is -2.22. The number of carbonyl (C=O) groups is 1. The number of aryl methyl sites for hydroxylation is 1. The van der Waals surface area contributed by atoms with Crippen molar-refractivity contribution < 1.29 is 9.90 Å². The molecule has 1 unspecified atom stereocenters. The second-order valence-corrected chi connectivity index (χ2v) is 11.1. The molecular weight excluding hydrogens is 216 g/mol. The Labute approximate surface area is 98.3 Å². The van der Waals surface area contributed by atoms with Crippen LogP contribution in [0.2, 0.25) is 25.7 Å². The highest BCUT2D eigenvalue weighted by atomic mass is 28.3. The smallest absolute Gasteiger partial charge is 0.310 e. The molecule has 16 heavy (non-hydrogen) atoms. The number of carboxylic acids is 1. The Hall–Kier alpha value is -1.09. The summed E-state index contributed by atoms with van der Waals surface area (Å²) >= 11 is 0. The molecule has 0 amide bonds. The average Bonchev–Trinajstić information content (AvgIpc) is 2.12. The van der Waals surface area contributed by atoms with Gasteiger partial charge in [-0.3, -0.25) is 4.79 Å². The molecule has 1 atom stereocenters. The molecule has 0 bridgehead atoms. The Balaban J connectivity index is 2.99. The standard InChI is InChI=1S/C13H20O2Si/c1-10-6-5-7-11(8-10)12(13(14)15)9-16(2,3)4/h5-8,12H,9H2,1-4H3,(H,14,15). The quantitative estimate of drug-likeness (QED) is 0.812. The van der Waals surface area contributed by atoms with E-state index in [0.717, 1.165) is 17.2 Å². The van der Waals surface area contributed by atoms with Crippen LogP contribution in [0.15, 0.2) is 24.3 Å². The Morgan fingerprint density at radius 1 is 1.38 bits per heavy atom. The van der Waals surface area contributed by atoms with Gasteiger partial charge in [0.1, 0.15) is 0 Å². The molecule has 88 valence electrons. The number of hydrogen-bond donors (Lipinski definition) is 1. The fourth-order valence-electron chi connectivity index (χ4n) is 1.85. The van der Waals surface area contributed by atoms with Crippen LogP contribution in [0.4, 0.5) is 0 Å². The van der Waals surface area contributed by atoms with Crippen molar-refractivity contribution in [2.24, 2.45) is 0 Å². The molecular formula is C13H20O2Si. The fraction of sp³-hybridized carbons (Fsp3) is 0.462. The van der Waals surface area contributed by atoms with Crippen molar-refractivity contribution in [3.05, 3.63) is 35.4 Å². The molecule has 0 aromatic heterocycles. The first-order valence-corrected chi connectivity index (χ1v) is 9.30. The normalized spacial score (nSPS) is 13.5. The van der Waals surface area contributed by atoms with Gasteiger partial charge in [-0.1, -0.05) is 49.5 Å². The highest BCUT2D eigenvalue weighted by molar-refractivity contribution is 6.76. The molecule has 0 aliphatic carbocycles. The second-order valence-electron chi connectivity index (χ2n) is 5.57.